The maximum Gasteiger partial charge on any atom is 0.250 e. The molecule has 0 bridgehead atoms. The summed E-state index contributed by atoms with van der Waals surface area (Å²) in [7, 11) is -3.06. The summed E-state index contributed by atoms with van der Waals surface area (Å²) in [6.07, 6.45) is 9.20. The van der Waals surface area contributed by atoms with E-state index in [0.717, 1.165) is 34.5 Å². The number of pyridine rings is 1. The molecule has 1 saturated carbocycles. The van der Waals surface area contributed by atoms with Crippen molar-refractivity contribution in [1.29, 1.82) is 0 Å². The van der Waals surface area contributed by atoms with E-state index < -0.39 is 9.84 Å². The van der Waals surface area contributed by atoms with Crippen LogP contribution >= 0.6 is 0 Å². The molecule has 2 heterocycles. The van der Waals surface area contributed by atoms with Gasteiger partial charge in [-0.05, 0) is 48.4 Å². The van der Waals surface area contributed by atoms with Gasteiger partial charge in [0.15, 0.2) is 9.84 Å². The Balaban J connectivity index is 1.62. The Hall–Kier alpha value is -2.67. The van der Waals surface area contributed by atoms with Crippen LogP contribution < -0.4 is 5.56 Å². The predicted octanol–water partition coefficient (Wildman–Crippen LogP) is 2.96. The second kappa shape index (κ2) is 7.05. The van der Waals surface area contributed by atoms with E-state index in [1.54, 1.807) is 27.6 Å². The van der Waals surface area contributed by atoms with Gasteiger partial charge in [-0.25, -0.2) is 13.1 Å². The van der Waals surface area contributed by atoms with Gasteiger partial charge in [0, 0.05) is 36.8 Å². The Labute approximate surface area is 164 Å². The van der Waals surface area contributed by atoms with Crippen molar-refractivity contribution in [3.63, 3.8) is 0 Å². The molecule has 0 N–H and O–H groups in total. The maximum atomic E-state index is 12.1. The normalized spacial score (nSPS) is 14.4. The van der Waals surface area contributed by atoms with Crippen molar-refractivity contribution in [2.24, 2.45) is 5.92 Å². The molecule has 1 fully saturated rings. The number of sulfone groups is 1. The van der Waals surface area contributed by atoms with Crippen LogP contribution in [-0.2, 0) is 22.1 Å². The predicted molar refractivity (Wildman–Crippen MR) is 109 cm³/mol. The first-order valence-corrected chi connectivity index (χ1v) is 11.4. The van der Waals surface area contributed by atoms with Crippen LogP contribution in [0.25, 0.3) is 16.8 Å². The summed E-state index contributed by atoms with van der Waals surface area (Å²) in [6.45, 7) is 2.73. The van der Waals surface area contributed by atoms with Crippen LogP contribution in [0.2, 0.25) is 0 Å². The fourth-order valence-corrected chi connectivity index (χ4v) is 4.21. The van der Waals surface area contributed by atoms with Gasteiger partial charge in [0.05, 0.1) is 17.6 Å². The molecular formula is C21H23N3O3S. The van der Waals surface area contributed by atoms with Gasteiger partial charge in [0.1, 0.15) is 0 Å². The Morgan fingerprint density at radius 3 is 2.61 bits per heavy atom. The largest absolute Gasteiger partial charge is 0.313 e. The van der Waals surface area contributed by atoms with Crippen LogP contribution in [0.1, 0.15) is 24.0 Å². The van der Waals surface area contributed by atoms with Crippen molar-refractivity contribution in [2.45, 2.75) is 32.1 Å². The van der Waals surface area contributed by atoms with Crippen molar-refractivity contribution >= 4 is 9.84 Å². The number of hydrogen-bond donors (Lipinski definition) is 0. The lowest BCUT2D eigenvalue weighted by molar-refractivity contribution is 0.601. The second-order valence-electron chi connectivity index (χ2n) is 7.71. The standard InChI is InChI=1S/C21H23N3O3S/c1-15-9-17(14-28(2,26)27)5-7-20(15)18-10-22-24(12-18)19-6-8-21(25)23(13-19)11-16-3-4-16/h5-10,12-13,16H,3-4,11,14H2,1-2H3. The number of benzene rings is 1. The topological polar surface area (TPSA) is 74.0 Å². The first-order valence-electron chi connectivity index (χ1n) is 9.32. The van der Waals surface area contributed by atoms with Gasteiger partial charge in [0.25, 0.3) is 5.56 Å². The Kier molecular flexibility index (Phi) is 4.71. The summed E-state index contributed by atoms with van der Waals surface area (Å²) in [5.74, 6) is 0.657. The lowest BCUT2D eigenvalue weighted by Crippen LogP contribution is -2.20. The first kappa shape index (κ1) is 18.7. The number of nitrogens with zero attached hydrogens (tertiary/aromatic N) is 3. The van der Waals surface area contributed by atoms with E-state index >= 15 is 0 Å². The molecule has 28 heavy (non-hydrogen) atoms. The zero-order chi connectivity index (χ0) is 19.9. The molecule has 146 valence electrons. The van der Waals surface area contributed by atoms with Gasteiger partial charge in [-0.2, -0.15) is 5.10 Å². The van der Waals surface area contributed by atoms with Gasteiger partial charge in [-0.15, -0.1) is 0 Å². The van der Waals surface area contributed by atoms with Crippen LogP contribution in [0.3, 0.4) is 0 Å². The Morgan fingerprint density at radius 1 is 1.14 bits per heavy atom. The Morgan fingerprint density at radius 2 is 1.93 bits per heavy atom. The Bertz CT molecular complexity index is 1190. The van der Waals surface area contributed by atoms with E-state index in [1.807, 2.05) is 37.5 Å². The summed E-state index contributed by atoms with van der Waals surface area (Å²) in [5, 5.41) is 4.46. The van der Waals surface area contributed by atoms with Crippen LogP contribution in [0.5, 0.6) is 0 Å². The smallest absolute Gasteiger partial charge is 0.250 e. The summed E-state index contributed by atoms with van der Waals surface area (Å²) in [4.78, 5) is 12.1. The highest BCUT2D eigenvalue weighted by Gasteiger charge is 2.22. The van der Waals surface area contributed by atoms with Crippen molar-refractivity contribution in [3.8, 4) is 16.8 Å². The summed E-state index contributed by atoms with van der Waals surface area (Å²) >= 11 is 0. The fourth-order valence-electron chi connectivity index (χ4n) is 3.42. The average Bonchev–Trinajstić information content (AvgIpc) is 3.29. The minimum atomic E-state index is -3.06. The van der Waals surface area contributed by atoms with E-state index in [-0.39, 0.29) is 11.3 Å². The van der Waals surface area contributed by atoms with Gasteiger partial charge in [-0.3, -0.25) is 4.79 Å². The van der Waals surface area contributed by atoms with E-state index in [9.17, 15) is 13.2 Å². The third-order valence-electron chi connectivity index (χ3n) is 5.00. The zero-order valence-corrected chi connectivity index (χ0v) is 16.8. The zero-order valence-electron chi connectivity index (χ0n) is 16.0. The molecule has 0 unspecified atom stereocenters. The minimum Gasteiger partial charge on any atom is -0.313 e. The molecule has 1 aromatic carbocycles. The lowest BCUT2D eigenvalue weighted by atomic mass is 10.0. The molecule has 0 saturated heterocycles. The molecule has 3 aromatic rings. The van der Waals surface area contributed by atoms with Crippen LogP contribution in [-0.4, -0.2) is 29.0 Å². The molecule has 1 aliphatic carbocycles. The third kappa shape index (κ3) is 4.25. The molecule has 2 aromatic heterocycles. The van der Waals surface area contributed by atoms with Crippen molar-refractivity contribution < 1.29 is 8.42 Å². The van der Waals surface area contributed by atoms with Crippen molar-refractivity contribution in [1.82, 2.24) is 14.3 Å². The summed E-state index contributed by atoms with van der Waals surface area (Å²) < 4.78 is 26.6. The molecule has 0 amide bonds. The maximum absolute atomic E-state index is 12.1. The highest BCUT2D eigenvalue weighted by molar-refractivity contribution is 7.89. The fraction of sp³-hybridized carbons (Fsp3) is 0.333. The number of aryl methyl sites for hydroxylation is 1. The molecule has 7 heteroatoms. The van der Waals surface area contributed by atoms with Crippen LogP contribution in [0.15, 0.2) is 53.7 Å². The molecule has 0 spiro atoms. The molecule has 0 atom stereocenters. The number of rotatable bonds is 6. The first-order chi connectivity index (χ1) is 13.3. The van der Waals surface area contributed by atoms with Gasteiger partial charge >= 0.3 is 0 Å². The van der Waals surface area contributed by atoms with Crippen molar-refractivity contribution in [2.75, 3.05) is 6.26 Å². The molecule has 4 rings (SSSR count). The van der Waals surface area contributed by atoms with E-state index in [2.05, 4.69) is 5.10 Å². The van der Waals surface area contributed by atoms with E-state index in [1.165, 1.54) is 19.1 Å². The molecule has 0 aliphatic heterocycles. The lowest BCUT2D eigenvalue weighted by Gasteiger charge is -2.08. The SMILES string of the molecule is Cc1cc(CS(C)(=O)=O)ccc1-c1cnn(-c2ccc(=O)n(CC3CC3)c2)c1. The van der Waals surface area contributed by atoms with E-state index in [0.29, 0.717) is 5.92 Å². The van der Waals surface area contributed by atoms with Gasteiger partial charge in [0.2, 0.25) is 0 Å². The molecular weight excluding hydrogens is 374 g/mol. The quantitative estimate of drug-likeness (QED) is 0.641. The average molecular weight is 398 g/mol. The molecule has 0 radical (unpaired) electrons. The van der Waals surface area contributed by atoms with Crippen molar-refractivity contribution in [3.05, 3.63) is 70.4 Å². The highest BCUT2D eigenvalue weighted by atomic mass is 32.2. The molecule has 1 aliphatic rings. The summed E-state index contributed by atoms with van der Waals surface area (Å²) in [5.41, 5.74) is 4.60. The van der Waals surface area contributed by atoms with Crippen LogP contribution in [0.4, 0.5) is 0 Å². The monoisotopic (exact) mass is 397 g/mol. The van der Waals surface area contributed by atoms with Gasteiger partial charge in [-0.1, -0.05) is 18.2 Å². The third-order valence-corrected chi connectivity index (χ3v) is 5.86. The summed E-state index contributed by atoms with van der Waals surface area (Å²) in [6, 6.07) is 9.06. The highest BCUT2D eigenvalue weighted by Crippen LogP contribution is 2.30. The van der Waals surface area contributed by atoms with E-state index in [4.69, 9.17) is 0 Å². The number of aromatic nitrogens is 3. The minimum absolute atomic E-state index is 0.0142. The van der Waals surface area contributed by atoms with Crippen LogP contribution in [0, 0.1) is 12.8 Å². The molecule has 6 nitrogen and oxygen atoms in total. The van der Waals surface area contributed by atoms with Gasteiger partial charge < -0.3 is 4.57 Å². The second-order valence-corrected chi connectivity index (χ2v) is 9.85. The number of hydrogen-bond acceptors (Lipinski definition) is 4.